The zero-order valence-electron chi connectivity index (χ0n) is 13.5. The van der Waals surface area contributed by atoms with Crippen molar-refractivity contribution in [2.24, 2.45) is 7.05 Å². The van der Waals surface area contributed by atoms with E-state index in [1.807, 2.05) is 6.07 Å². The summed E-state index contributed by atoms with van der Waals surface area (Å²) in [5, 5.41) is 4.15. The average Bonchev–Trinajstić information content (AvgIpc) is 2.90. The first-order valence-corrected chi connectivity index (χ1v) is 9.12. The molecule has 1 aliphatic rings. The molecule has 3 rings (SSSR count). The molecule has 1 saturated heterocycles. The smallest absolute Gasteiger partial charge is 0.258 e. The number of sulfonamides is 1. The summed E-state index contributed by atoms with van der Waals surface area (Å²) in [4.78, 5) is 4.11. The third-order valence-corrected chi connectivity index (χ3v) is 5.54. The Bertz CT molecular complexity index is 772. The minimum absolute atomic E-state index is 0.158. The molecule has 130 valence electrons. The van der Waals surface area contributed by atoms with Gasteiger partial charge in [0, 0.05) is 31.5 Å². The van der Waals surface area contributed by atoms with Gasteiger partial charge in [0.2, 0.25) is 5.88 Å². The molecule has 24 heavy (non-hydrogen) atoms. The zero-order chi connectivity index (χ0) is 17.2. The van der Waals surface area contributed by atoms with Crippen LogP contribution >= 0.6 is 0 Å². The van der Waals surface area contributed by atoms with E-state index in [9.17, 15) is 8.42 Å². The van der Waals surface area contributed by atoms with Crippen molar-refractivity contribution in [2.45, 2.75) is 30.5 Å². The van der Waals surface area contributed by atoms with Crippen LogP contribution in [0, 0.1) is 6.92 Å². The van der Waals surface area contributed by atoms with Crippen LogP contribution in [0.4, 0.5) is 0 Å². The second-order valence-corrected chi connectivity index (χ2v) is 7.30. The topological polar surface area (TPSA) is 95.3 Å². The molecule has 1 aliphatic heterocycles. The number of hydrogen-bond acceptors (Lipinski definition) is 6. The minimum Gasteiger partial charge on any atom is -0.470 e. The third kappa shape index (κ3) is 3.58. The average molecular weight is 352 g/mol. The lowest BCUT2D eigenvalue weighted by Gasteiger charge is -2.31. The van der Waals surface area contributed by atoms with E-state index in [0.29, 0.717) is 31.1 Å². The molecule has 2 atom stereocenters. The zero-order valence-corrected chi connectivity index (χ0v) is 14.4. The van der Waals surface area contributed by atoms with Crippen molar-refractivity contribution >= 4 is 10.0 Å². The van der Waals surface area contributed by atoms with Gasteiger partial charge in [-0.1, -0.05) is 6.07 Å². The molecule has 0 bridgehead atoms. The Labute approximate surface area is 140 Å². The number of aryl methyl sites for hydroxylation is 2. The molecule has 0 saturated carbocycles. The van der Waals surface area contributed by atoms with E-state index in [4.69, 9.17) is 9.47 Å². The highest BCUT2D eigenvalue weighted by Crippen LogP contribution is 2.19. The Morgan fingerprint density at radius 3 is 2.92 bits per heavy atom. The van der Waals surface area contributed by atoms with E-state index in [1.165, 1.54) is 10.9 Å². The highest BCUT2D eigenvalue weighted by Gasteiger charge is 2.33. The summed E-state index contributed by atoms with van der Waals surface area (Å²) in [6.07, 6.45) is 3.22. The quantitative estimate of drug-likeness (QED) is 0.848. The van der Waals surface area contributed by atoms with E-state index in [2.05, 4.69) is 14.8 Å². The largest absolute Gasteiger partial charge is 0.470 e. The summed E-state index contributed by atoms with van der Waals surface area (Å²) in [7, 11) is -2.10. The van der Waals surface area contributed by atoms with Gasteiger partial charge in [0.25, 0.3) is 10.0 Å². The van der Waals surface area contributed by atoms with E-state index in [0.717, 1.165) is 0 Å². The number of pyridine rings is 1. The maximum Gasteiger partial charge on any atom is 0.258 e. The lowest BCUT2D eigenvalue weighted by molar-refractivity contribution is -0.0111. The number of nitrogens with zero attached hydrogens (tertiary/aromatic N) is 3. The second-order valence-electron chi connectivity index (χ2n) is 5.67. The number of aromatic nitrogens is 3. The fourth-order valence-electron chi connectivity index (χ4n) is 2.71. The van der Waals surface area contributed by atoms with Crippen LogP contribution in [0.2, 0.25) is 0 Å². The van der Waals surface area contributed by atoms with Crippen molar-refractivity contribution in [1.82, 2.24) is 19.5 Å². The van der Waals surface area contributed by atoms with Gasteiger partial charge in [-0.2, -0.15) is 5.10 Å². The van der Waals surface area contributed by atoms with Gasteiger partial charge in [-0.25, -0.2) is 18.1 Å². The molecule has 3 heterocycles. The van der Waals surface area contributed by atoms with Crippen LogP contribution in [-0.4, -0.2) is 48.5 Å². The summed E-state index contributed by atoms with van der Waals surface area (Å²) >= 11 is 0. The molecule has 0 aliphatic carbocycles. The van der Waals surface area contributed by atoms with Crippen LogP contribution in [0.5, 0.6) is 5.88 Å². The van der Waals surface area contributed by atoms with Crippen molar-refractivity contribution in [3.8, 4) is 5.88 Å². The van der Waals surface area contributed by atoms with Gasteiger partial charge >= 0.3 is 0 Å². The van der Waals surface area contributed by atoms with Gasteiger partial charge in [0.15, 0.2) is 5.03 Å². The predicted molar refractivity (Wildman–Crippen MR) is 86.1 cm³/mol. The van der Waals surface area contributed by atoms with E-state index < -0.39 is 22.2 Å². The molecule has 0 radical (unpaired) electrons. The molecular formula is C15H20N4O4S. The summed E-state index contributed by atoms with van der Waals surface area (Å²) in [5.41, 5.74) is 0.597. The van der Waals surface area contributed by atoms with Crippen molar-refractivity contribution in [3.05, 3.63) is 36.2 Å². The number of ether oxygens (including phenoxy) is 2. The molecule has 8 nitrogen and oxygen atoms in total. The van der Waals surface area contributed by atoms with Crippen LogP contribution in [0.3, 0.4) is 0 Å². The van der Waals surface area contributed by atoms with E-state index in [-0.39, 0.29) is 5.03 Å². The highest BCUT2D eigenvalue weighted by molar-refractivity contribution is 7.89. The Balaban J connectivity index is 1.79. The Kier molecular flexibility index (Phi) is 4.83. The SMILES string of the molecule is Cc1cnn(C)c1S(=O)(=O)N[C@@H]1CCOC[C@H]1Oc1ccccn1. The van der Waals surface area contributed by atoms with Crippen LogP contribution in [0.15, 0.2) is 35.6 Å². The maximum absolute atomic E-state index is 12.7. The van der Waals surface area contributed by atoms with Crippen molar-refractivity contribution in [2.75, 3.05) is 13.2 Å². The maximum atomic E-state index is 12.7. The predicted octanol–water partition coefficient (Wildman–Crippen LogP) is 0.638. The molecule has 0 spiro atoms. The fraction of sp³-hybridized carbons (Fsp3) is 0.467. The van der Waals surface area contributed by atoms with Crippen LogP contribution < -0.4 is 9.46 Å². The van der Waals surface area contributed by atoms with Crippen molar-refractivity contribution in [3.63, 3.8) is 0 Å². The van der Waals surface area contributed by atoms with Gasteiger partial charge in [-0.15, -0.1) is 0 Å². The van der Waals surface area contributed by atoms with Gasteiger partial charge < -0.3 is 9.47 Å². The highest BCUT2D eigenvalue weighted by atomic mass is 32.2. The first-order chi connectivity index (χ1) is 11.5. The standard InChI is InChI=1S/C15H20N4O4S/c1-11-9-17-19(2)15(11)24(20,21)18-12-6-8-22-10-13(12)23-14-5-3-4-7-16-14/h3-5,7,9,12-13,18H,6,8,10H2,1-2H3/t12-,13-/m1/s1. The molecular weight excluding hydrogens is 332 g/mol. The van der Waals surface area contributed by atoms with E-state index in [1.54, 1.807) is 32.3 Å². The first-order valence-electron chi connectivity index (χ1n) is 7.64. The number of rotatable bonds is 5. The van der Waals surface area contributed by atoms with Crippen molar-refractivity contribution in [1.29, 1.82) is 0 Å². The summed E-state index contributed by atoms with van der Waals surface area (Å²) in [6, 6.07) is 4.92. The van der Waals surface area contributed by atoms with Gasteiger partial charge in [-0.05, 0) is 19.4 Å². The van der Waals surface area contributed by atoms with Crippen LogP contribution in [-0.2, 0) is 21.8 Å². The Hall–Kier alpha value is -1.97. The monoisotopic (exact) mass is 352 g/mol. The molecule has 0 amide bonds. The third-order valence-electron chi connectivity index (χ3n) is 3.83. The Morgan fingerprint density at radius 2 is 2.25 bits per heavy atom. The summed E-state index contributed by atoms with van der Waals surface area (Å²) < 4.78 is 40.8. The molecule has 2 aromatic heterocycles. The van der Waals surface area contributed by atoms with Gasteiger partial charge in [-0.3, -0.25) is 4.68 Å². The minimum atomic E-state index is -3.71. The lowest BCUT2D eigenvalue weighted by atomic mass is 10.1. The van der Waals surface area contributed by atoms with Crippen LogP contribution in [0.1, 0.15) is 12.0 Å². The van der Waals surface area contributed by atoms with Crippen molar-refractivity contribution < 1.29 is 17.9 Å². The molecule has 1 N–H and O–H groups in total. The lowest BCUT2D eigenvalue weighted by Crippen LogP contribution is -2.51. The molecule has 2 aromatic rings. The fourth-order valence-corrected chi connectivity index (χ4v) is 4.36. The molecule has 1 fully saturated rings. The first kappa shape index (κ1) is 16.9. The number of nitrogens with one attached hydrogen (secondary N) is 1. The summed E-state index contributed by atoms with van der Waals surface area (Å²) in [5.74, 6) is 0.439. The van der Waals surface area contributed by atoms with Crippen LogP contribution in [0.25, 0.3) is 0 Å². The molecule has 9 heteroatoms. The van der Waals surface area contributed by atoms with E-state index >= 15 is 0 Å². The molecule has 0 unspecified atom stereocenters. The summed E-state index contributed by atoms with van der Waals surface area (Å²) in [6.45, 7) is 2.49. The van der Waals surface area contributed by atoms with Gasteiger partial charge in [0.1, 0.15) is 6.10 Å². The Morgan fingerprint density at radius 1 is 1.42 bits per heavy atom. The molecule has 0 aromatic carbocycles. The number of hydrogen-bond donors (Lipinski definition) is 1. The second kappa shape index (κ2) is 6.88. The van der Waals surface area contributed by atoms with Gasteiger partial charge in [0.05, 0.1) is 18.8 Å². The normalized spacial score (nSPS) is 21.6.